The van der Waals surface area contributed by atoms with Crippen molar-refractivity contribution in [1.82, 2.24) is 4.98 Å². The summed E-state index contributed by atoms with van der Waals surface area (Å²) in [6.07, 6.45) is 0. The predicted molar refractivity (Wildman–Crippen MR) is 74.7 cm³/mol. The molecule has 0 amide bonds. The molecule has 0 spiro atoms. The fraction of sp³-hybridized carbons (Fsp3) is 0. The first-order valence-electron chi connectivity index (χ1n) is 5.68. The fourth-order valence-corrected chi connectivity index (χ4v) is 3.75. The van der Waals surface area contributed by atoms with Gasteiger partial charge in [0.05, 0.1) is 10.4 Å². The van der Waals surface area contributed by atoms with Crippen molar-refractivity contribution < 1.29 is 24.3 Å². The minimum Gasteiger partial charge on any atom is -0.189 e. The molecule has 0 N–H and O–H groups in total. The zero-order valence-electron chi connectivity index (χ0n) is 10.6. The monoisotopic (exact) mass is 359 g/mol. The molecule has 0 atom stereocenters. The lowest BCUT2D eigenvalue weighted by atomic mass is 10.2. The molecule has 1 aromatic heterocycles. The normalized spacial score (nSPS) is 16.0. The van der Waals surface area contributed by atoms with E-state index in [0.29, 0.717) is 0 Å². The minimum absolute atomic E-state index is 0.0368. The van der Waals surface area contributed by atoms with Crippen LogP contribution >= 0.6 is 21.4 Å². The van der Waals surface area contributed by atoms with Crippen LogP contribution in [0.4, 0.5) is 24.3 Å². The summed E-state index contributed by atoms with van der Waals surface area (Å²) >= 11 is 5.52. The van der Waals surface area contributed by atoms with E-state index in [-0.39, 0.29) is 17.7 Å². The molecule has 0 unspecified atom stereocenters. The van der Waals surface area contributed by atoms with Gasteiger partial charge in [0.1, 0.15) is 4.90 Å². The van der Waals surface area contributed by atoms with E-state index in [1.54, 1.807) is 0 Å². The summed E-state index contributed by atoms with van der Waals surface area (Å²) in [5.74, 6) is -3.78. The van der Waals surface area contributed by atoms with Gasteiger partial charge in [-0.1, -0.05) is 41.9 Å². The Balaban J connectivity index is 2.67. The third kappa shape index (κ3) is 3.38. The van der Waals surface area contributed by atoms with Crippen LogP contribution in [-0.4, -0.2) is 4.98 Å². The van der Waals surface area contributed by atoms with Crippen LogP contribution < -0.4 is 0 Å². The van der Waals surface area contributed by atoms with E-state index in [0.717, 1.165) is 0 Å². The van der Waals surface area contributed by atoms with Gasteiger partial charge < -0.3 is 0 Å². The molecule has 1 aromatic carbocycles. The molecule has 2 rings (SSSR count). The van der Waals surface area contributed by atoms with Crippen molar-refractivity contribution in [2.45, 2.75) is 4.90 Å². The van der Waals surface area contributed by atoms with Crippen LogP contribution in [0.1, 0.15) is 5.56 Å². The Labute approximate surface area is 126 Å². The van der Waals surface area contributed by atoms with Gasteiger partial charge in [0, 0.05) is 0 Å². The van der Waals surface area contributed by atoms with Crippen LogP contribution in [0.15, 0.2) is 52.8 Å². The predicted octanol–water partition coefficient (Wildman–Crippen LogP) is 6.37. The maximum atomic E-state index is 14.1. The summed E-state index contributed by atoms with van der Waals surface area (Å²) in [6, 6.07) is 6.97. The van der Waals surface area contributed by atoms with Crippen LogP contribution in [0.25, 0.3) is 5.03 Å². The van der Waals surface area contributed by atoms with Crippen molar-refractivity contribution in [1.29, 1.82) is 0 Å². The lowest BCUT2D eigenvalue weighted by Gasteiger charge is -2.46. The SMILES string of the molecule is Fc1ccc(S(F)(F)(F)(F)/C=C(/Cl)c2ccccc2)c(F)n1. The third-order valence-corrected chi connectivity index (χ3v) is 5.02. The fourth-order valence-electron chi connectivity index (χ4n) is 1.65. The Morgan fingerprint density at radius 2 is 1.55 bits per heavy atom. The molecule has 0 aliphatic carbocycles. The summed E-state index contributed by atoms with van der Waals surface area (Å²) in [5.41, 5.74) is -0.102. The Kier molecular flexibility index (Phi) is 3.54. The molecule has 0 radical (unpaired) electrons. The number of rotatable bonds is 3. The van der Waals surface area contributed by atoms with Gasteiger partial charge >= 0.3 is 0 Å². The first-order chi connectivity index (χ1) is 9.91. The second kappa shape index (κ2) is 4.66. The van der Waals surface area contributed by atoms with Gasteiger partial charge in [-0.15, -0.1) is 15.5 Å². The quantitative estimate of drug-likeness (QED) is 0.458. The van der Waals surface area contributed by atoms with E-state index in [1.165, 1.54) is 30.3 Å². The second-order valence-corrected chi connectivity index (χ2v) is 7.74. The molecule has 9 heteroatoms. The zero-order chi connectivity index (χ0) is 16.7. The number of hydrogen-bond donors (Lipinski definition) is 0. The summed E-state index contributed by atoms with van der Waals surface area (Å²) in [5, 5.41) is -1.73. The average molecular weight is 360 g/mol. The molecule has 2 aromatic rings. The minimum atomic E-state index is -9.22. The molecule has 1 nitrogen and oxygen atoms in total. The highest BCUT2D eigenvalue weighted by atomic mass is 35.5. The molecule has 0 aliphatic rings. The first kappa shape index (κ1) is 16.7. The summed E-state index contributed by atoms with van der Waals surface area (Å²) < 4.78 is 82.3. The lowest BCUT2D eigenvalue weighted by Crippen LogP contribution is -2.14. The van der Waals surface area contributed by atoms with E-state index < -0.39 is 37.1 Å². The second-order valence-electron chi connectivity index (χ2n) is 4.39. The summed E-state index contributed by atoms with van der Waals surface area (Å²) in [7, 11) is -9.22. The maximum absolute atomic E-state index is 14.1. The average Bonchev–Trinajstić information content (AvgIpc) is 2.37. The molecular formula is C13H8ClF6NS. The van der Waals surface area contributed by atoms with Gasteiger partial charge in [0.15, 0.2) is 0 Å². The van der Waals surface area contributed by atoms with Crippen molar-refractivity contribution in [2.75, 3.05) is 0 Å². The number of aromatic nitrogens is 1. The van der Waals surface area contributed by atoms with Crippen molar-refractivity contribution in [3.05, 3.63) is 65.3 Å². The van der Waals surface area contributed by atoms with E-state index >= 15 is 0 Å². The van der Waals surface area contributed by atoms with E-state index in [2.05, 4.69) is 4.98 Å². The molecule has 0 fully saturated rings. The standard InChI is InChI=1S/C13H8ClF6NS/c14-10(9-4-2-1-3-5-9)8-22(17,18,19,20)11-6-7-12(15)21-13(11)16/h1-8H/b10-8+. The number of halogens is 7. The molecule has 120 valence electrons. The number of pyridine rings is 1. The zero-order valence-corrected chi connectivity index (χ0v) is 12.2. The van der Waals surface area contributed by atoms with Gasteiger partial charge in [-0.2, -0.15) is 13.8 Å². The molecular weight excluding hydrogens is 352 g/mol. The third-order valence-electron chi connectivity index (χ3n) is 2.63. The summed E-state index contributed by atoms with van der Waals surface area (Å²) in [4.78, 5) is 0.0922. The van der Waals surface area contributed by atoms with Crippen molar-refractivity contribution in [2.24, 2.45) is 0 Å². The first-order valence-corrected chi connectivity index (χ1v) is 8.17. The largest absolute Gasteiger partial charge is 0.235 e. The Hall–Kier alpha value is -1.67. The van der Waals surface area contributed by atoms with Crippen LogP contribution in [0.3, 0.4) is 0 Å². The van der Waals surface area contributed by atoms with Gasteiger partial charge in [-0.25, -0.2) is 0 Å². The Morgan fingerprint density at radius 3 is 2.09 bits per heavy atom. The van der Waals surface area contributed by atoms with Crippen molar-refractivity contribution in [3.63, 3.8) is 0 Å². The Morgan fingerprint density at radius 1 is 0.955 bits per heavy atom. The Bertz CT molecular complexity index is 756. The van der Waals surface area contributed by atoms with Gasteiger partial charge in [0.25, 0.3) is 0 Å². The van der Waals surface area contributed by atoms with Crippen LogP contribution in [-0.2, 0) is 0 Å². The highest BCUT2D eigenvalue weighted by molar-refractivity contribution is 8.52. The number of benzene rings is 1. The van der Waals surface area contributed by atoms with Crippen molar-refractivity contribution >= 4 is 26.5 Å². The summed E-state index contributed by atoms with van der Waals surface area (Å²) in [6.45, 7) is 0. The van der Waals surface area contributed by atoms with Crippen LogP contribution in [0.5, 0.6) is 0 Å². The van der Waals surface area contributed by atoms with E-state index in [1.807, 2.05) is 0 Å². The molecule has 0 saturated heterocycles. The topological polar surface area (TPSA) is 12.9 Å². The number of nitrogens with zero attached hydrogens (tertiary/aromatic N) is 1. The molecule has 0 bridgehead atoms. The smallest absolute Gasteiger partial charge is 0.189 e. The highest BCUT2D eigenvalue weighted by Crippen LogP contribution is 3.02. The number of hydrogen-bond acceptors (Lipinski definition) is 1. The molecule has 0 aliphatic heterocycles. The van der Waals surface area contributed by atoms with Gasteiger partial charge in [-0.05, 0) is 17.7 Å². The lowest BCUT2D eigenvalue weighted by molar-refractivity contribution is 0.433. The molecule has 1 heterocycles. The maximum Gasteiger partial charge on any atom is 0.235 e. The van der Waals surface area contributed by atoms with Crippen molar-refractivity contribution in [3.8, 4) is 0 Å². The molecule has 22 heavy (non-hydrogen) atoms. The van der Waals surface area contributed by atoms with Crippen LogP contribution in [0.2, 0.25) is 0 Å². The van der Waals surface area contributed by atoms with E-state index in [4.69, 9.17) is 11.6 Å². The van der Waals surface area contributed by atoms with Gasteiger partial charge in [-0.3, -0.25) is 0 Å². The molecule has 0 saturated carbocycles. The van der Waals surface area contributed by atoms with E-state index in [9.17, 15) is 24.3 Å². The highest BCUT2D eigenvalue weighted by Gasteiger charge is 2.65. The van der Waals surface area contributed by atoms with Crippen LogP contribution in [0, 0.1) is 11.9 Å². The van der Waals surface area contributed by atoms with Gasteiger partial charge in [0.2, 0.25) is 21.7 Å².